The lowest BCUT2D eigenvalue weighted by atomic mass is 10.1. The molecule has 6 nitrogen and oxygen atoms in total. The second-order valence-electron chi connectivity index (χ2n) is 5.49. The number of benzene rings is 1. The summed E-state index contributed by atoms with van der Waals surface area (Å²) in [5, 5.41) is 5.68. The first-order chi connectivity index (χ1) is 10.6. The van der Waals surface area contributed by atoms with Gasteiger partial charge in [-0.2, -0.15) is 5.10 Å². The molecule has 1 fully saturated rings. The molecule has 1 unspecified atom stereocenters. The maximum atomic E-state index is 13.0. The zero-order chi connectivity index (χ0) is 15.7. The molecule has 0 bridgehead atoms. The van der Waals surface area contributed by atoms with E-state index in [1.165, 1.54) is 29.3 Å². The number of rotatable bonds is 3. The summed E-state index contributed by atoms with van der Waals surface area (Å²) in [6.45, 7) is 1.44. The van der Waals surface area contributed by atoms with Gasteiger partial charge in [0, 0.05) is 19.5 Å². The first kappa shape index (κ1) is 14.5. The third-order valence-corrected chi connectivity index (χ3v) is 3.97. The van der Waals surface area contributed by atoms with Crippen LogP contribution in [0.5, 0.6) is 0 Å². The van der Waals surface area contributed by atoms with Crippen molar-refractivity contribution in [1.82, 2.24) is 4.90 Å². The molecule has 0 spiro atoms. The van der Waals surface area contributed by atoms with Crippen LogP contribution in [0.2, 0.25) is 0 Å². The fourth-order valence-corrected chi connectivity index (χ4v) is 2.80. The lowest BCUT2D eigenvalue weighted by molar-refractivity contribution is -0.123. The molecule has 2 heterocycles. The summed E-state index contributed by atoms with van der Waals surface area (Å²) in [5.41, 5.74) is 6.28. The molecule has 22 heavy (non-hydrogen) atoms. The lowest BCUT2D eigenvalue weighted by Crippen LogP contribution is -2.40. The fourth-order valence-electron chi connectivity index (χ4n) is 2.80. The molecule has 1 aromatic carbocycles. The predicted molar refractivity (Wildman–Crippen MR) is 79.7 cm³/mol. The van der Waals surface area contributed by atoms with E-state index in [4.69, 9.17) is 5.73 Å². The Morgan fingerprint density at radius 3 is 2.41 bits per heavy atom. The van der Waals surface area contributed by atoms with Crippen LogP contribution in [0.1, 0.15) is 19.3 Å². The van der Waals surface area contributed by atoms with Crippen molar-refractivity contribution >= 4 is 23.2 Å². The van der Waals surface area contributed by atoms with Gasteiger partial charge in [-0.15, -0.1) is 0 Å². The third-order valence-electron chi connectivity index (χ3n) is 3.97. The molecular weight excluding hydrogens is 287 g/mol. The Balaban J connectivity index is 1.86. The molecular formula is C15H17FN4O2. The van der Waals surface area contributed by atoms with E-state index in [0.717, 1.165) is 25.9 Å². The minimum absolute atomic E-state index is 0.145. The molecule has 116 valence electrons. The highest BCUT2D eigenvalue weighted by Gasteiger charge is 2.36. The van der Waals surface area contributed by atoms with Gasteiger partial charge in [0.05, 0.1) is 5.69 Å². The predicted octanol–water partition coefficient (Wildman–Crippen LogP) is 0.868. The minimum Gasteiger partial charge on any atom is -0.368 e. The van der Waals surface area contributed by atoms with Crippen LogP contribution in [-0.4, -0.2) is 41.6 Å². The molecule has 1 atom stereocenters. The minimum atomic E-state index is -0.716. The lowest BCUT2D eigenvalue weighted by Gasteiger charge is -2.20. The average Bonchev–Trinajstić information content (AvgIpc) is 3.17. The molecule has 0 radical (unpaired) electrons. The summed E-state index contributed by atoms with van der Waals surface area (Å²) < 4.78 is 13.0. The normalized spacial score (nSPS) is 21.1. The second kappa shape index (κ2) is 5.75. The summed E-state index contributed by atoms with van der Waals surface area (Å²) >= 11 is 0. The van der Waals surface area contributed by atoms with E-state index in [0.29, 0.717) is 11.4 Å². The van der Waals surface area contributed by atoms with Gasteiger partial charge < -0.3 is 10.6 Å². The van der Waals surface area contributed by atoms with Crippen LogP contribution in [0, 0.1) is 5.82 Å². The molecule has 7 heteroatoms. The van der Waals surface area contributed by atoms with Gasteiger partial charge in [-0.05, 0) is 37.1 Å². The Kier molecular flexibility index (Phi) is 3.79. The summed E-state index contributed by atoms with van der Waals surface area (Å²) in [5.74, 6) is -1.08. The van der Waals surface area contributed by atoms with Gasteiger partial charge in [0.15, 0.2) is 0 Å². The summed E-state index contributed by atoms with van der Waals surface area (Å²) in [6.07, 6.45) is 2.15. The van der Waals surface area contributed by atoms with Gasteiger partial charge in [0.1, 0.15) is 17.6 Å². The van der Waals surface area contributed by atoms with Crippen molar-refractivity contribution in [2.75, 3.05) is 18.1 Å². The molecule has 0 saturated carbocycles. The number of hydrogen-bond acceptors (Lipinski definition) is 4. The van der Waals surface area contributed by atoms with Crippen LogP contribution in [0.3, 0.4) is 0 Å². The topological polar surface area (TPSA) is 79.0 Å². The smallest absolute Gasteiger partial charge is 0.270 e. The molecule has 2 aliphatic heterocycles. The molecule has 0 aliphatic carbocycles. The van der Waals surface area contributed by atoms with Crippen molar-refractivity contribution < 1.29 is 14.0 Å². The number of halogens is 1. The van der Waals surface area contributed by atoms with Gasteiger partial charge in [-0.1, -0.05) is 0 Å². The highest BCUT2D eigenvalue weighted by Crippen LogP contribution is 2.26. The van der Waals surface area contributed by atoms with Gasteiger partial charge in [0.2, 0.25) is 5.91 Å². The van der Waals surface area contributed by atoms with Crippen LogP contribution in [0.15, 0.2) is 29.4 Å². The van der Waals surface area contributed by atoms with Crippen molar-refractivity contribution in [3.8, 4) is 0 Å². The Morgan fingerprint density at radius 1 is 1.18 bits per heavy atom. The number of carbonyl (C=O) groups excluding carboxylic acids is 2. The van der Waals surface area contributed by atoms with Gasteiger partial charge in [0.25, 0.3) is 5.91 Å². The summed E-state index contributed by atoms with van der Waals surface area (Å²) in [6, 6.07) is 4.87. The number of nitrogens with zero attached hydrogens (tertiary/aromatic N) is 3. The fraction of sp³-hybridized carbons (Fsp3) is 0.400. The molecule has 1 saturated heterocycles. The van der Waals surface area contributed by atoms with E-state index < -0.39 is 11.9 Å². The first-order valence-corrected chi connectivity index (χ1v) is 7.27. The van der Waals surface area contributed by atoms with E-state index in [9.17, 15) is 14.0 Å². The molecule has 0 aromatic heterocycles. The van der Waals surface area contributed by atoms with Crippen molar-refractivity contribution in [2.24, 2.45) is 10.8 Å². The van der Waals surface area contributed by atoms with Crippen molar-refractivity contribution in [1.29, 1.82) is 0 Å². The van der Waals surface area contributed by atoms with Crippen molar-refractivity contribution in [3.63, 3.8) is 0 Å². The summed E-state index contributed by atoms with van der Waals surface area (Å²) in [7, 11) is 0. The van der Waals surface area contributed by atoms with E-state index >= 15 is 0 Å². The number of nitrogens with two attached hydrogens (primary N) is 1. The van der Waals surface area contributed by atoms with Crippen molar-refractivity contribution in [3.05, 3.63) is 30.1 Å². The number of hydrazone groups is 1. The Hall–Kier alpha value is -2.44. The molecule has 1 aromatic rings. The standard InChI is InChI=1S/C15H17FN4O2/c16-10-3-5-11(6-4-10)20-13(14(17)21)9-12(18-20)15(22)19-7-1-2-8-19/h3-6,13H,1-2,7-9H2,(H2,17,21). The van der Waals surface area contributed by atoms with E-state index in [1.807, 2.05) is 0 Å². The Labute approximate surface area is 127 Å². The molecule has 3 rings (SSSR count). The van der Waals surface area contributed by atoms with Crippen LogP contribution in [0.4, 0.5) is 10.1 Å². The first-order valence-electron chi connectivity index (χ1n) is 7.27. The van der Waals surface area contributed by atoms with Crippen LogP contribution < -0.4 is 10.7 Å². The third kappa shape index (κ3) is 2.66. The monoisotopic (exact) mass is 304 g/mol. The Morgan fingerprint density at radius 2 is 1.82 bits per heavy atom. The van der Waals surface area contributed by atoms with E-state index in [2.05, 4.69) is 5.10 Å². The number of hydrogen-bond donors (Lipinski definition) is 1. The average molecular weight is 304 g/mol. The van der Waals surface area contributed by atoms with Crippen LogP contribution >= 0.6 is 0 Å². The Bertz CT molecular complexity index is 623. The number of anilines is 1. The van der Waals surface area contributed by atoms with E-state index in [1.54, 1.807) is 4.90 Å². The van der Waals surface area contributed by atoms with Gasteiger partial charge in [-0.25, -0.2) is 4.39 Å². The van der Waals surface area contributed by atoms with Gasteiger partial charge >= 0.3 is 0 Å². The number of primary amides is 1. The zero-order valence-electron chi connectivity index (χ0n) is 12.0. The van der Waals surface area contributed by atoms with E-state index in [-0.39, 0.29) is 18.1 Å². The molecule has 2 N–H and O–H groups in total. The summed E-state index contributed by atoms with van der Waals surface area (Å²) in [4.78, 5) is 25.8. The number of carbonyl (C=O) groups is 2. The highest BCUT2D eigenvalue weighted by atomic mass is 19.1. The molecule has 2 amide bonds. The number of likely N-dealkylation sites (tertiary alicyclic amines) is 1. The van der Waals surface area contributed by atoms with Crippen LogP contribution in [0.25, 0.3) is 0 Å². The van der Waals surface area contributed by atoms with Crippen molar-refractivity contribution in [2.45, 2.75) is 25.3 Å². The maximum absolute atomic E-state index is 13.0. The largest absolute Gasteiger partial charge is 0.368 e. The maximum Gasteiger partial charge on any atom is 0.270 e. The highest BCUT2D eigenvalue weighted by molar-refractivity contribution is 6.40. The number of amides is 2. The quantitative estimate of drug-likeness (QED) is 0.900. The molecule has 2 aliphatic rings. The SMILES string of the molecule is NC(=O)C1CC(C(=O)N2CCCC2)=NN1c1ccc(F)cc1. The second-order valence-corrected chi connectivity index (χ2v) is 5.49. The van der Waals surface area contributed by atoms with Gasteiger partial charge in [-0.3, -0.25) is 14.6 Å². The zero-order valence-corrected chi connectivity index (χ0v) is 12.0. The van der Waals surface area contributed by atoms with Crippen LogP contribution in [-0.2, 0) is 9.59 Å².